The van der Waals surface area contributed by atoms with Crippen LogP contribution in [-0.4, -0.2) is 74.9 Å². The first-order valence-electron chi connectivity index (χ1n) is 11.9. The molecule has 2 N–H and O–H groups in total. The fourth-order valence-corrected chi connectivity index (χ4v) is 7.75. The second kappa shape index (κ2) is 11.1. The number of hydrogen-bond acceptors (Lipinski definition) is 11. The van der Waals surface area contributed by atoms with Crippen molar-refractivity contribution in [1.29, 1.82) is 0 Å². The summed E-state index contributed by atoms with van der Waals surface area (Å²) in [5.74, 6) is -1.17. The molecular formula is C24H25N5O7S3. The van der Waals surface area contributed by atoms with Crippen molar-refractivity contribution in [2.45, 2.75) is 17.4 Å². The van der Waals surface area contributed by atoms with Crippen molar-refractivity contribution in [3.8, 4) is 0 Å². The first-order valence-corrected chi connectivity index (χ1v) is 16.2. The molecule has 0 radical (unpaired) electrons. The molecular weight excluding hydrogens is 566 g/mol. The average Bonchev–Trinajstić information content (AvgIpc) is 3.54. The number of carbonyl (C=O) groups is 1. The smallest absolute Gasteiger partial charge is 0.254 e. The lowest BCUT2D eigenvalue weighted by Gasteiger charge is -2.26. The van der Waals surface area contributed by atoms with Crippen LogP contribution in [0.5, 0.6) is 0 Å². The van der Waals surface area contributed by atoms with Crippen LogP contribution in [-0.2, 0) is 36.8 Å². The normalized spacial score (nSPS) is 15.5. The summed E-state index contributed by atoms with van der Waals surface area (Å²) in [6, 6.07) is 13.7. The Morgan fingerprint density at radius 3 is 2.51 bits per heavy atom. The third-order valence-electron chi connectivity index (χ3n) is 6.05. The molecule has 1 aliphatic rings. The van der Waals surface area contributed by atoms with E-state index in [4.69, 9.17) is 14.3 Å². The number of nitrogens with two attached hydrogens (primary N) is 1. The van der Waals surface area contributed by atoms with Crippen LogP contribution in [0, 0.1) is 0 Å². The molecule has 0 saturated carbocycles. The van der Waals surface area contributed by atoms with Crippen LogP contribution < -0.4 is 5.14 Å². The van der Waals surface area contributed by atoms with E-state index in [0.29, 0.717) is 47.6 Å². The van der Waals surface area contributed by atoms with Gasteiger partial charge in [0.2, 0.25) is 21.8 Å². The lowest BCUT2D eigenvalue weighted by Crippen LogP contribution is -2.40. The van der Waals surface area contributed by atoms with E-state index >= 15 is 0 Å². The van der Waals surface area contributed by atoms with Crippen LogP contribution in [0.2, 0.25) is 0 Å². The van der Waals surface area contributed by atoms with E-state index < -0.39 is 30.9 Å². The van der Waals surface area contributed by atoms with Gasteiger partial charge in [0.25, 0.3) is 5.91 Å². The van der Waals surface area contributed by atoms with E-state index in [1.54, 1.807) is 53.4 Å². The Balaban J connectivity index is 1.51. The monoisotopic (exact) mass is 591 g/mol. The largest absolute Gasteiger partial charge is 0.423 e. The lowest BCUT2D eigenvalue weighted by atomic mass is 10.2. The van der Waals surface area contributed by atoms with Crippen molar-refractivity contribution < 1.29 is 30.8 Å². The van der Waals surface area contributed by atoms with Crippen molar-refractivity contribution in [3.05, 3.63) is 76.4 Å². The van der Waals surface area contributed by atoms with Gasteiger partial charge in [-0.3, -0.25) is 4.79 Å². The summed E-state index contributed by atoms with van der Waals surface area (Å²) in [5, 5.41) is 11.6. The van der Waals surface area contributed by atoms with Gasteiger partial charge >= 0.3 is 0 Å². The van der Waals surface area contributed by atoms with Gasteiger partial charge in [0, 0.05) is 25.1 Å². The summed E-state index contributed by atoms with van der Waals surface area (Å²) in [6.45, 7) is 1.94. The molecule has 39 heavy (non-hydrogen) atoms. The molecule has 4 aromatic rings. The average molecular weight is 592 g/mol. The first kappa shape index (κ1) is 27.3. The molecule has 1 fully saturated rings. The molecule has 0 bridgehead atoms. The number of sulfonamides is 1. The van der Waals surface area contributed by atoms with Crippen molar-refractivity contribution in [1.82, 2.24) is 20.1 Å². The molecule has 1 amide bonds. The highest BCUT2D eigenvalue weighted by atomic mass is 32.2. The Morgan fingerprint density at radius 1 is 1.05 bits per heavy atom. The van der Waals surface area contributed by atoms with Crippen LogP contribution in [0.15, 0.2) is 52.9 Å². The number of benzene rings is 2. The molecule has 0 aliphatic carbocycles. The Labute approximate surface area is 228 Å². The number of carbonyl (C=O) groups excluding carboxylic acids is 1. The van der Waals surface area contributed by atoms with Crippen molar-refractivity contribution in [2.24, 2.45) is 5.14 Å². The molecule has 1 saturated heterocycles. The third-order valence-corrected chi connectivity index (χ3v) is 9.94. The number of morpholine rings is 1. The Kier molecular flexibility index (Phi) is 7.77. The second-order valence-electron chi connectivity index (χ2n) is 8.96. The third kappa shape index (κ3) is 6.50. The molecule has 2 aromatic carbocycles. The highest BCUT2D eigenvalue weighted by molar-refractivity contribution is 7.91. The van der Waals surface area contributed by atoms with Gasteiger partial charge in [-0.25, -0.2) is 27.0 Å². The van der Waals surface area contributed by atoms with Crippen LogP contribution in [0.1, 0.15) is 38.0 Å². The number of nitrogens with zero attached hydrogens (tertiary/aromatic N) is 4. The summed E-state index contributed by atoms with van der Waals surface area (Å²) in [7, 11) is -7.77. The number of sulfone groups is 1. The number of hydrogen-bond donors (Lipinski definition) is 1. The van der Waals surface area contributed by atoms with Crippen LogP contribution >= 0.6 is 11.3 Å². The lowest BCUT2D eigenvalue weighted by molar-refractivity contribution is 0.0303. The molecule has 0 spiro atoms. The van der Waals surface area contributed by atoms with E-state index in [-0.39, 0.29) is 34.9 Å². The highest BCUT2D eigenvalue weighted by Crippen LogP contribution is 2.37. The molecule has 1 atom stereocenters. The number of ether oxygens (including phenoxy) is 1. The maximum atomic E-state index is 13.7. The highest BCUT2D eigenvalue weighted by Gasteiger charge is 2.37. The first-order chi connectivity index (χ1) is 18.6. The van der Waals surface area contributed by atoms with Crippen molar-refractivity contribution in [2.75, 3.05) is 32.1 Å². The van der Waals surface area contributed by atoms with E-state index in [0.717, 1.165) is 11.3 Å². The number of primary sulfonamides is 1. The number of amides is 1. The summed E-state index contributed by atoms with van der Waals surface area (Å²) in [4.78, 5) is 19.2. The minimum Gasteiger partial charge on any atom is -0.423 e. The maximum absolute atomic E-state index is 13.7. The zero-order valence-electron chi connectivity index (χ0n) is 20.6. The summed E-state index contributed by atoms with van der Waals surface area (Å²) >= 11 is 1.11. The van der Waals surface area contributed by atoms with E-state index in [9.17, 15) is 21.6 Å². The van der Waals surface area contributed by atoms with E-state index in [1.165, 1.54) is 0 Å². The summed E-state index contributed by atoms with van der Waals surface area (Å²) < 4.78 is 61.8. The molecule has 206 valence electrons. The van der Waals surface area contributed by atoms with Crippen LogP contribution in [0.3, 0.4) is 0 Å². The Morgan fingerprint density at radius 2 is 1.79 bits per heavy atom. The van der Waals surface area contributed by atoms with Gasteiger partial charge < -0.3 is 14.1 Å². The van der Waals surface area contributed by atoms with Gasteiger partial charge in [-0.15, -0.1) is 21.5 Å². The van der Waals surface area contributed by atoms with E-state index in [1.807, 2.05) is 0 Å². The fourth-order valence-electron chi connectivity index (χ4n) is 4.14. The molecule has 15 heteroatoms. The van der Waals surface area contributed by atoms with Gasteiger partial charge in [0.05, 0.1) is 34.9 Å². The topological polar surface area (TPSA) is 176 Å². The summed E-state index contributed by atoms with van der Waals surface area (Å²) in [6.07, 6.45) is -0.163. The Hall–Kier alpha value is -3.24. The minimum atomic E-state index is -3.98. The molecule has 12 nitrogen and oxygen atoms in total. The second-order valence-corrected chi connectivity index (χ2v) is 13.8. The Bertz CT molecular complexity index is 1700. The van der Waals surface area contributed by atoms with Gasteiger partial charge in [0.1, 0.15) is 5.01 Å². The molecule has 3 heterocycles. The molecule has 5 rings (SSSR count). The fraction of sp³-hybridized carbons (Fsp3) is 0.333. The van der Waals surface area contributed by atoms with Crippen LogP contribution in [0.25, 0.3) is 10.2 Å². The number of fused-ring (bicyclic) bond motifs is 1. The SMILES string of the molecule is NS(=O)(=O)CCc1nnc(C(c2nc3ccc(C(=O)N4CCOCC4)cc3s2)S(=O)(=O)Cc2ccccc2)o1. The van der Waals surface area contributed by atoms with Crippen molar-refractivity contribution in [3.63, 3.8) is 0 Å². The zero-order chi connectivity index (χ0) is 27.6. The number of rotatable bonds is 9. The quantitative estimate of drug-likeness (QED) is 0.301. The number of aryl methyl sites for hydroxylation is 1. The standard InChI is InChI=1S/C24H25N5O7S3/c25-39(33,34)13-8-20-27-28-22(36-20)21(38(31,32)15-16-4-2-1-3-5-16)23-26-18-7-6-17(14-19(18)37-23)24(30)29-9-11-35-12-10-29/h1-7,14,21H,8-13,15H2,(H2,25,33,34). The van der Waals surface area contributed by atoms with Gasteiger partial charge in [-0.1, -0.05) is 30.3 Å². The molecule has 1 unspecified atom stereocenters. The van der Waals surface area contributed by atoms with Crippen LogP contribution in [0.4, 0.5) is 0 Å². The molecule has 1 aliphatic heterocycles. The molecule has 2 aromatic heterocycles. The number of aromatic nitrogens is 3. The number of thiazole rings is 1. The van der Waals surface area contributed by atoms with Crippen molar-refractivity contribution >= 4 is 47.3 Å². The van der Waals surface area contributed by atoms with Gasteiger partial charge in [0.15, 0.2) is 15.1 Å². The van der Waals surface area contributed by atoms with Gasteiger partial charge in [-0.2, -0.15) is 0 Å². The maximum Gasteiger partial charge on any atom is 0.254 e. The summed E-state index contributed by atoms with van der Waals surface area (Å²) in [5.41, 5.74) is 1.55. The predicted molar refractivity (Wildman–Crippen MR) is 143 cm³/mol. The van der Waals surface area contributed by atoms with Gasteiger partial charge in [-0.05, 0) is 23.8 Å². The van der Waals surface area contributed by atoms with E-state index in [2.05, 4.69) is 15.2 Å². The predicted octanol–water partition coefficient (Wildman–Crippen LogP) is 1.69. The minimum absolute atomic E-state index is 0.0570. The zero-order valence-corrected chi connectivity index (χ0v) is 23.0.